The lowest BCUT2D eigenvalue weighted by molar-refractivity contribution is 0.142. The van der Waals surface area contributed by atoms with E-state index in [1.807, 2.05) is 0 Å². The Hall–Kier alpha value is -1.87. The number of carbonyl (C=O) groups excluding carboxylic acids is 1. The van der Waals surface area contributed by atoms with E-state index in [4.69, 9.17) is 21.7 Å². The number of cyclic esters (lactones) is 1. The zero-order chi connectivity index (χ0) is 19.6. The third kappa shape index (κ3) is 4.70. The van der Waals surface area contributed by atoms with E-state index < -0.39 is 14.2 Å². The zero-order valence-electron chi connectivity index (χ0n) is 16.0. The van der Waals surface area contributed by atoms with Gasteiger partial charge in [-0.25, -0.2) is 9.18 Å². The highest BCUT2D eigenvalue weighted by Crippen LogP contribution is 2.31. The molecule has 27 heavy (non-hydrogen) atoms. The van der Waals surface area contributed by atoms with Crippen molar-refractivity contribution in [1.29, 1.82) is 0 Å². The molecule has 9 heteroatoms. The lowest BCUT2D eigenvalue weighted by Gasteiger charge is -2.37. The van der Waals surface area contributed by atoms with Crippen molar-refractivity contribution in [2.75, 3.05) is 43.1 Å². The molecule has 6 nitrogen and oxygen atoms in total. The number of carbonyl (C=O) groups is 1. The van der Waals surface area contributed by atoms with Crippen LogP contribution in [0.3, 0.4) is 0 Å². The monoisotopic (exact) mass is 411 g/mol. The summed E-state index contributed by atoms with van der Waals surface area (Å²) in [6.45, 7) is 7.24. The van der Waals surface area contributed by atoms with E-state index in [-0.39, 0.29) is 17.1 Å². The Morgan fingerprint density at radius 3 is 2.74 bits per heavy atom. The molecule has 148 valence electrons. The molecule has 1 unspecified atom stereocenters. The Morgan fingerprint density at radius 2 is 2.11 bits per heavy atom. The minimum Gasteiger partial charge on any atom is -0.474 e. The van der Waals surface area contributed by atoms with Crippen molar-refractivity contribution in [3.05, 3.63) is 24.0 Å². The molecular formula is C18H26FN3O3SSi. The van der Waals surface area contributed by atoms with Gasteiger partial charge in [-0.15, -0.1) is 0 Å². The zero-order valence-corrected chi connectivity index (χ0v) is 17.8. The van der Waals surface area contributed by atoms with Gasteiger partial charge in [0.1, 0.15) is 11.9 Å². The van der Waals surface area contributed by atoms with Crippen molar-refractivity contribution in [2.45, 2.75) is 31.3 Å². The molecule has 3 rings (SSSR count). The SMILES string of the molecule is COC(=S)NCC1CN(c2ccc(N3CC[Si](C)(C)CC3)c(F)c2)C(=O)O1. The van der Waals surface area contributed by atoms with Crippen LogP contribution in [0, 0.1) is 5.82 Å². The number of rotatable bonds is 4. The summed E-state index contributed by atoms with van der Waals surface area (Å²) < 4.78 is 24.9. The summed E-state index contributed by atoms with van der Waals surface area (Å²) >= 11 is 4.91. The minimum atomic E-state index is -1.11. The van der Waals surface area contributed by atoms with E-state index in [1.165, 1.54) is 30.2 Å². The van der Waals surface area contributed by atoms with Crippen molar-refractivity contribution < 1.29 is 18.7 Å². The molecular weight excluding hydrogens is 385 g/mol. The lowest BCUT2D eigenvalue weighted by Crippen LogP contribution is -2.43. The van der Waals surface area contributed by atoms with Crippen molar-refractivity contribution in [3.8, 4) is 0 Å². The van der Waals surface area contributed by atoms with Gasteiger partial charge in [-0.05, 0) is 42.5 Å². The fourth-order valence-electron chi connectivity index (χ4n) is 3.38. The molecule has 0 aliphatic carbocycles. The minimum absolute atomic E-state index is 0.243. The van der Waals surface area contributed by atoms with Gasteiger partial charge in [-0.3, -0.25) is 4.90 Å². The fourth-order valence-corrected chi connectivity index (χ4v) is 5.46. The van der Waals surface area contributed by atoms with Crippen LogP contribution < -0.4 is 15.1 Å². The molecule has 1 aromatic carbocycles. The smallest absolute Gasteiger partial charge is 0.414 e. The molecule has 0 saturated carbocycles. The van der Waals surface area contributed by atoms with Gasteiger partial charge in [0.05, 0.1) is 39.6 Å². The number of hydrogen-bond acceptors (Lipinski definition) is 5. The topological polar surface area (TPSA) is 54.0 Å². The first-order valence-electron chi connectivity index (χ1n) is 9.13. The van der Waals surface area contributed by atoms with E-state index >= 15 is 0 Å². The first kappa shape index (κ1) is 19.9. The average Bonchev–Trinajstić information content (AvgIpc) is 3.01. The molecule has 2 heterocycles. The fraction of sp³-hybridized carbons (Fsp3) is 0.556. The normalized spacial score (nSPS) is 21.8. The number of nitrogens with one attached hydrogen (secondary N) is 1. The van der Waals surface area contributed by atoms with Gasteiger partial charge >= 0.3 is 6.09 Å². The van der Waals surface area contributed by atoms with Crippen molar-refractivity contribution >= 4 is 42.9 Å². The molecule has 0 aromatic heterocycles. The van der Waals surface area contributed by atoms with Crippen molar-refractivity contribution in [3.63, 3.8) is 0 Å². The maximum Gasteiger partial charge on any atom is 0.414 e. The molecule has 2 fully saturated rings. The van der Waals surface area contributed by atoms with Gasteiger partial charge in [0.25, 0.3) is 5.17 Å². The Balaban J connectivity index is 1.65. The summed E-state index contributed by atoms with van der Waals surface area (Å²) in [4.78, 5) is 15.7. The number of ether oxygens (including phenoxy) is 2. The molecule has 2 aliphatic rings. The first-order chi connectivity index (χ1) is 12.8. The third-order valence-corrected chi connectivity index (χ3v) is 8.70. The van der Waals surface area contributed by atoms with E-state index in [9.17, 15) is 9.18 Å². The Kier molecular flexibility index (Phi) is 5.90. The molecule has 1 N–H and O–H groups in total. The molecule has 0 spiro atoms. The molecule has 2 aliphatic heterocycles. The van der Waals surface area contributed by atoms with Crippen molar-refractivity contribution in [1.82, 2.24) is 5.32 Å². The van der Waals surface area contributed by atoms with E-state index in [2.05, 4.69) is 23.3 Å². The molecule has 1 aromatic rings. The predicted molar refractivity (Wildman–Crippen MR) is 111 cm³/mol. The number of amides is 1. The van der Waals surface area contributed by atoms with Crippen LogP contribution in [0.2, 0.25) is 25.2 Å². The molecule has 1 atom stereocenters. The summed E-state index contributed by atoms with van der Waals surface area (Å²) in [5.74, 6) is -0.302. The maximum absolute atomic E-state index is 14.7. The van der Waals surface area contributed by atoms with Crippen molar-refractivity contribution in [2.24, 2.45) is 0 Å². The number of halogens is 1. The van der Waals surface area contributed by atoms with Gasteiger partial charge < -0.3 is 19.7 Å². The number of methoxy groups -OCH3 is 1. The van der Waals surface area contributed by atoms with E-state index in [1.54, 1.807) is 12.1 Å². The van der Waals surface area contributed by atoms with Gasteiger partial charge in [0.15, 0.2) is 0 Å². The molecule has 2 saturated heterocycles. The van der Waals surface area contributed by atoms with Gasteiger partial charge in [-0.2, -0.15) is 0 Å². The standard InChI is InChI=1S/C18H26FN3O3SSi/c1-24-17(26)20-11-14-12-22(18(23)25-14)13-4-5-16(15(19)10-13)21-6-8-27(2,3)9-7-21/h4-5,10,14H,6-9,11-12H2,1-3H3,(H,20,26). The van der Waals surface area contributed by atoms with Crippen LogP contribution in [-0.2, 0) is 9.47 Å². The number of hydrogen-bond donors (Lipinski definition) is 1. The summed E-state index contributed by atoms with van der Waals surface area (Å²) in [6, 6.07) is 7.31. The second-order valence-electron chi connectivity index (χ2n) is 7.78. The van der Waals surface area contributed by atoms with Crippen LogP contribution in [-0.4, -0.2) is 58.7 Å². The predicted octanol–water partition coefficient (Wildman–Crippen LogP) is 3.20. The highest BCUT2D eigenvalue weighted by molar-refractivity contribution is 7.80. The van der Waals surface area contributed by atoms with E-state index in [0.29, 0.717) is 24.5 Å². The van der Waals surface area contributed by atoms with Crippen LogP contribution in [0.1, 0.15) is 0 Å². The summed E-state index contributed by atoms with van der Waals surface area (Å²) in [6.07, 6.45) is -0.856. The van der Waals surface area contributed by atoms with Gasteiger partial charge in [0.2, 0.25) is 0 Å². The molecule has 0 bridgehead atoms. The summed E-state index contributed by atoms with van der Waals surface area (Å²) in [7, 11) is 0.362. The largest absolute Gasteiger partial charge is 0.474 e. The van der Waals surface area contributed by atoms with Crippen LogP contribution in [0.15, 0.2) is 18.2 Å². The summed E-state index contributed by atoms with van der Waals surface area (Å²) in [5.41, 5.74) is 1.12. The highest BCUT2D eigenvalue weighted by Gasteiger charge is 2.33. The highest BCUT2D eigenvalue weighted by atomic mass is 32.1. The lowest BCUT2D eigenvalue weighted by atomic mass is 10.2. The number of anilines is 2. The van der Waals surface area contributed by atoms with Crippen LogP contribution in [0.5, 0.6) is 0 Å². The average molecular weight is 412 g/mol. The number of nitrogens with zero attached hydrogens (tertiary/aromatic N) is 2. The molecule has 1 amide bonds. The van der Waals surface area contributed by atoms with E-state index in [0.717, 1.165) is 13.1 Å². The van der Waals surface area contributed by atoms with Gasteiger partial charge in [0, 0.05) is 13.1 Å². The first-order valence-corrected chi connectivity index (χ1v) is 13.0. The molecule has 0 radical (unpaired) electrons. The maximum atomic E-state index is 14.7. The Labute approximate surface area is 165 Å². The third-order valence-electron chi connectivity index (χ3n) is 5.23. The van der Waals surface area contributed by atoms with Gasteiger partial charge in [-0.1, -0.05) is 13.1 Å². The quantitative estimate of drug-likeness (QED) is 0.607. The Morgan fingerprint density at radius 1 is 1.41 bits per heavy atom. The number of benzene rings is 1. The van der Waals surface area contributed by atoms with Crippen LogP contribution in [0.25, 0.3) is 0 Å². The van der Waals surface area contributed by atoms with Crippen LogP contribution in [0.4, 0.5) is 20.6 Å². The second kappa shape index (κ2) is 8.01. The Bertz CT molecular complexity index is 724. The second-order valence-corrected chi connectivity index (χ2v) is 13.5. The summed E-state index contributed by atoms with van der Waals surface area (Å²) in [5, 5.41) is 3.11. The van der Waals surface area contributed by atoms with Crippen LogP contribution >= 0.6 is 12.2 Å². The number of thiocarbonyl (C=S) groups is 1.